The third-order valence-corrected chi connectivity index (χ3v) is 4.51. The predicted molar refractivity (Wildman–Crippen MR) is 122 cm³/mol. The molecule has 0 saturated carbocycles. The molecule has 0 atom stereocenters. The van der Waals surface area contributed by atoms with Crippen molar-refractivity contribution < 1.29 is 9.53 Å². The molecule has 9 heteroatoms. The number of amides is 2. The van der Waals surface area contributed by atoms with Gasteiger partial charge in [-0.05, 0) is 26.0 Å². The lowest BCUT2D eigenvalue weighted by atomic mass is 10.2. The second kappa shape index (κ2) is 9.17. The first-order chi connectivity index (χ1) is 15.5. The van der Waals surface area contributed by atoms with Crippen LogP contribution in [0.2, 0.25) is 0 Å². The zero-order valence-electron chi connectivity index (χ0n) is 17.6. The Labute approximate surface area is 184 Å². The molecule has 0 saturated heterocycles. The van der Waals surface area contributed by atoms with Crippen LogP contribution in [-0.4, -0.2) is 32.4 Å². The summed E-state index contributed by atoms with van der Waals surface area (Å²) in [5.41, 5.74) is 2.21. The van der Waals surface area contributed by atoms with Gasteiger partial charge < -0.3 is 10.1 Å². The quantitative estimate of drug-likeness (QED) is 0.428. The first-order valence-corrected chi connectivity index (χ1v) is 10.1. The topological polar surface area (TPSA) is 114 Å². The summed E-state index contributed by atoms with van der Waals surface area (Å²) in [5.74, 6) is 1.10. The minimum absolute atomic E-state index is 0.196. The van der Waals surface area contributed by atoms with Gasteiger partial charge in [-0.15, -0.1) is 0 Å². The van der Waals surface area contributed by atoms with Gasteiger partial charge in [0.2, 0.25) is 5.95 Å². The van der Waals surface area contributed by atoms with Gasteiger partial charge in [0.05, 0.1) is 18.0 Å². The Balaban J connectivity index is 1.68. The van der Waals surface area contributed by atoms with Gasteiger partial charge >= 0.3 is 6.03 Å². The molecule has 0 unspecified atom stereocenters. The second-order valence-corrected chi connectivity index (χ2v) is 6.91. The standard InChI is InChI=1S/C23H22N6O3/c1-3-32-19-12-8-7-11-17(19)25-23(31)26-20-14-18(16-9-5-4-6-10-16)28-29(20)22-24-15(2)13-21(30)27-22/h4-14H,3H2,1-2H3,(H,24,27,30)(H2,25,26,31). The lowest BCUT2D eigenvalue weighted by Gasteiger charge is -2.12. The average molecular weight is 430 g/mol. The van der Waals surface area contributed by atoms with Gasteiger partial charge in [-0.1, -0.05) is 42.5 Å². The number of aromatic amines is 1. The van der Waals surface area contributed by atoms with Crippen LogP contribution in [0.5, 0.6) is 5.75 Å². The van der Waals surface area contributed by atoms with Gasteiger partial charge in [-0.2, -0.15) is 9.78 Å². The Bertz CT molecular complexity index is 1300. The van der Waals surface area contributed by atoms with Crippen LogP contribution in [0.15, 0.2) is 71.5 Å². The Hall–Kier alpha value is -4.40. The van der Waals surface area contributed by atoms with Crippen molar-refractivity contribution in [1.29, 1.82) is 0 Å². The molecule has 0 aliphatic carbocycles. The number of aryl methyl sites for hydroxylation is 1. The SMILES string of the molecule is CCOc1ccccc1NC(=O)Nc1cc(-c2ccccc2)nn1-c1nc(C)cc(=O)[nH]1. The number of nitrogens with one attached hydrogen (secondary N) is 3. The van der Waals surface area contributed by atoms with E-state index in [2.05, 4.69) is 25.7 Å². The van der Waals surface area contributed by atoms with Crippen molar-refractivity contribution in [2.75, 3.05) is 17.2 Å². The van der Waals surface area contributed by atoms with Crippen molar-refractivity contribution in [3.8, 4) is 23.0 Å². The number of carbonyl (C=O) groups excluding carboxylic acids is 1. The summed E-state index contributed by atoms with van der Waals surface area (Å²) in [6.45, 7) is 4.06. The molecule has 0 bridgehead atoms. The van der Waals surface area contributed by atoms with Gasteiger partial charge in [0.1, 0.15) is 11.6 Å². The molecular weight excluding hydrogens is 408 g/mol. The highest BCUT2D eigenvalue weighted by atomic mass is 16.5. The number of anilines is 2. The number of aromatic nitrogens is 4. The van der Waals surface area contributed by atoms with E-state index in [-0.39, 0.29) is 11.5 Å². The van der Waals surface area contributed by atoms with Gasteiger partial charge in [0.25, 0.3) is 5.56 Å². The fourth-order valence-corrected chi connectivity index (χ4v) is 3.17. The third-order valence-electron chi connectivity index (χ3n) is 4.51. The molecule has 0 aliphatic rings. The number of benzene rings is 2. The molecule has 32 heavy (non-hydrogen) atoms. The molecule has 0 aliphatic heterocycles. The summed E-state index contributed by atoms with van der Waals surface area (Å²) in [5, 5.41) is 10.1. The van der Waals surface area contributed by atoms with E-state index in [9.17, 15) is 9.59 Å². The Morgan fingerprint density at radius 2 is 1.81 bits per heavy atom. The lowest BCUT2D eigenvalue weighted by molar-refractivity contribution is 0.261. The summed E-state index contributed by atoms with van der Waals surface area (Å²) in [6, 6.07) is 19.3. The first kappa shape index (κ1) is 20.9. The van der Waals surface area contributed by atoms with Crippen molar-refractivity contribution in [3.05, 3.63) is 82.8 Å². The minimum atomic E-state index is -0.493. The van der Waals surface area contributed by atoms with E-state index in [4.69, 9.17) is 4.74 Å². The molecule has 0 fully saturated rings. The first-order valence-electron chi connectivity index (χ1n) is 10.1. The van der Waals surface area contributed by atoms with Crippen molar-refractivity contribution >= 4 is 17.5 Å². The fraction of sp³-hybridized carbons (Fsp3) is 0.130. The maximum atomic E-state index is 12.8. The van der Waals surface area contributed by atoms with Crippen LogP contribution < -0.4 is 20.9 Å². The number of H-pyrrole nitrogens is 1. The molecule has 2 aromatic heterocycles. The van der Waals surface area contributed by atoms with Crippen molar-refractivity contribution in [2.45, 2.75) is 13.8 Å². The molecule has 162 valence electrons. The number of rotatable bonds is 6. The molecule has 9 nitrogen and oxygen atoms in total. The summed E-state index contributed by atoms with van der Waals surface area (Å²) >= 11 is 0. The highest BCUT2D eigenvalue weighted by Gasteiger charge is 2.16. The zero-order chi connectivity index (χ0) is 22.5. The summed E-state index contributed by atoms with van der Waals surface area (Å²) < 4.78 is 6.95. The number of ether oxygens (including phenoxy) is 1. The van der Waals surface area contributed by atoms with E-state index in [1.165, 1.54) is 10.7 Å². The molecule has 2 amide bonds. The third kappa shape index (κ3) is 4.67. The molecule has 4 aromatic rings. The Morgan fingerprint density at radius 1 is 1.06 bits per heavy atom. The van der Waals surface area contributed by atoms with E-state index < -0.39 is 6.03 Å². The number of urea groups is 1. The number of carbonyl (C=O) groups is 1. The van der Waals surface area contributed by atoms with Gasteiger partial charge in [-0.25, -0.2) is 9.78 Å². The van der Waals surface area contributed by atoms with Crippen LogP contribution in [0.3, 0.4) is 0 Å². The molecule has 2 heterocycles. The maximum Gasteiger partial charge on any atom is 0.324 e. The van der Waals surface area contributed by atoms with Crippen LogP contribution in [0.4, 0.5) is 16.3 Å². The number of nitrogens with zero attached hydrogens (tertiary/aromatic N) is 3. The molecule has 4 rings (SSSR count). The summed E-state index contributed by atoms with van der Waals surface area (Å²) in [6.07, 6.45) is 0. The van der Waals surface area contributed by atoms with E-state index >= 15 is 0 Å². The monoisotopic (exact) mass is 430 g/mol. The van der Waals surface area contributed by atoms with E-state index in [1.54, 1.807) is 31.2 Å². The Morgan fingerprint density at radius 3 is 2.56 bits per heavy atom. The molecule has 0 spiro atoms. The molecule has 0 radical (unpaired) electrons. The molecule has 2 aromatic carbocycles. The summed E-state index contributed by atoms with van der Waals surface area (Å²) in [4.78, 5) is 31.8. The zero-order valence-corrected chi connectivity index (χ0v) is 17.6. The highest BCUT2D eigenvalue weighted by molar-refractivity contribution is 6.00. The number of hydrogen-bond acceptors (Lipinski definition) is 5. The predicted octanol–water partition coefficient (Wildman–Crippen LogP) is 3.97. The molecular formula is C23H22N6O3. The second-order valence-electron chi connectivity index (χ2n) is 6.91. The van der Waals surface area contributed by atoms with Crippen molar-refractivity contribution in [1.82, 2.24) is 19.7 Å². The van der Waals surface area contributed by atoms with Crippen molar-refractivity contribution in [3.63, 3.8) is 0 Å². The van der Waals surface area contributed by atoms with Gasteiger partial charge in [-0.3, -0.25) is 15.1 Å². The van der Waals surface area contributed by atoms with Crippen LogP contribution in [0.1, 0.15) is 12.6 Å². The van der Waals surface area contributed by atoms with E-state index in [1.807, 2.05) is 43.3 Å². The smallest absolute Gasteiger partial charge is 0.324 e. The van der Waals surface area contributed by atoms with Crippen LogP contribution in [0.25, 0.3) is 17.2 Å². The van der Waals surface area contributed by atoms with E-state index in [0.29, 0.717) is 35.2 Å². The largest absolute Gasteiger partial charge is 0.492 e. The highest BCUT2D eigenvalue weighted by Crippen LogP contribution is 2.26. The Kier molecular flexibility index (Phi) is 5.98. The summed E-state index contributed by atoms with van der Waals surface area (Å²) in [7, 11) is 0. The number of hydrogen-bond donors (Lipinski definition) is 3. The van der Waals surface area contributed by atoms with Crippen LogP contribution in [-0.2, 0) is 0 Å². The van der Waals surface area contributed by atoms with Gasteiger partial charge in [0.15, 0.2) is 0 Å². The van der Waals surface area contributed by atoms with Crippen molar-refractivity contribution in [2.24, 2.45) is 0 Å². The van der Waals surface area contributed by atoms with Crippen LogP contribution in [0, 0.1) is 6.92 Å². The maximum absolute atomic E-state index is 12.8. The average Bonchev–Trinajstić information content (AvgIpc) is 3.19. The normalized spacial score (nSPS) is 10.6. The molecule has 3 N–H and O–H groups in total. The minimum Gasteiger partial charge on any atom is -0.492 e. The van der Waals surface area contributed by atoms with Gasteiger partial charge in [0, 0.05) is 23.4 Å². The fourth-order valence-electron chi connectivity index (χ4n) is 3.17. The number of para-hydroxylation sites is 2. The van der Waals surface area contributed by atoms with Crippen LogP contribution >= 0.6 is 0 Å². The lowest BCUT2D eigenvalue weighted by Crippen LogP contribution is -2.23. The van der Waals surface area contributed by atoms with E-state index in [0.717, 1.165) is 5.56 Å².